The third kappa shape index (κ3) is 3.87. The molecule has 0 bridgehead atoms. The van der Waals surface area contributed by atoms with Gasteiger partial charge in [-0.3, -0.25) is 0 Å². The van der Waals surface area contributed by atoms with Crippen LogP contribution in [0.25, 0.3) is 34.0 Å². The van der Waals surface area contributed by atoms with Gasteiger partial charge in [-0.25, -0.2) is 4.98 Å². The van der Waals surface area contributed by atoms with Crippen molar-refractivity contribution in [2.75, 3.05) is 7.11 Å². The molecule has 0 fully saturated rings. The first-order valence-corrected chi connectivity index (χ1v) is 8.84. The predicted molar refractivity (Wildman–Crippen MR) is 104 cm³/mol. The minimum atomic E-state index is -4.39. The minimum absolute atomic E-state index is 0.376. The fourth-order valence-electron chi connectivity index (χ4n) is 2.98. The Morgan fingerprint density at radius 1 is 0.759 bits per heavy atom. The molecule has 0 aliphatic heterocycles. The van der Waals surface area contributed by atoms with Gasteiger partial charge in [0.1, 0.15) is 11.4 Å². The molecule has 4 rings (SSSR count). The lowest BCUT2D eigenvalue weighted by molar-refractivity contribution is -0.137. The van der Waals surface area contributed by atoms with Crippen LogP contribution in [-0.2, 0) is 6.18 Å². The molecular formula is C23H16F3NO2. The predicted octanol–water partition coefficient (Wildman–Crippen LogP) is 6.70. The Hall–Kier alpha value is -3.54. The van der Waals surface area contributed by atoms with Crippen LogP contribution in [0.2, 0.25) is 0 Å². The maximum absolute atomic E-state index is 12.9. The molecule has 4 aromatic rings. The average molecular weight is 395 g/mol. The van der Waals surface area contributed by atoms with Crippen LogP contribution in [0.4, 0.5) is 13.2 Å². The molecule has 0 spiro atoms. The van der Waals surface area contributed by atoms with E-state index in [9.17, 15) is 13.2 Å². The first-order valence-electron chi connectivity index (χ1n) is 8.84. The molecule has 3 aromatic carbocycles. The molecule has 146 valence electrons. The maximum Gasteiger partial charge on any atom is 0.416 e. The van der Waals surface area contributed by atoms with Gasteiger partial charge in [0.15, 0.2) is 5.76 Å². The topological polar surface area (TPSA) is 35.3 Å². The zero-order chi connectivity index (χ0) is 20.4. The second-order valence-electron chi connectivity index (χ2n) is 6.37. The van der Waals surface area contributed by atoms with Crippen molar-refractivity contribution in [1.29, 1.82) is 0 Å². The van der Waals surface area contributed by atoms with E-state index < -0.39 is 11.7 Å². The molecule has 0 saturated heterocycles. The summed E-state index contributed by atoms with van der Waals surface area (Å²) < 4.78 is 49.9. The van der Waals surface area contributed by atoms with Crippen molar-refractivity contribution < 1.29 is 22.3 Å². The lowest BCUT2D eigenvalue weighted by atomic mass is 10.0. The summed E-state index contributed by atoms with van der Waals surface area (Å²) in [5.41, 5.74) is 1.92. The Balaban J connectivity index is 1.82. The summed E-state index contributed by atoms with van der Waals surface area (Å²) in [6, 6.07) is 21.5. The Labute approximate surface area is 165 Å². The molecule has 0 amide bonds. The smallest absolute Gasteiger partial charge is 0.416 e. The number of oxazole rings is 1. The van der Waals surface area contributed by atoms with E-state index in [2.05, 4.69) is 4.98 Å². The van der Waals surface area contributed by atoms with E-state index in [0.717, 1.165) is 23.3 Å². The van der Waals surface area contributed by atoms with E-state index in [-0.39, 0.29) is 0 Å². The summed E-state index contributed by atoms with van der Waals surface area (Å²) in [7, 11) is 1.58. The number of aromatic nitrogens is 1. The average Bonchev–Trinajstić information content (AvgIpc) is 3.19. The number of ether oxygens (including phenoxy) is 1. The normalized spacial score (nSPS) is 11.4. The van der Waals surface area contributed by atoms with Gasteiger partial charge in [-0.1, -0.05) is 42.5 Å². The second-order valence-corrected chi connectivity index (χ2v) is 6.37. The zero-order valence-electron chi connectivity index (χ0n) is 15.4. The first kappa shape index (κ1) is 18.8. The number of rotatable bonds is 4. The van der Waals surface area contributed by atoms with E-state index in [4.69, 9.17) is 9.15 Å². The molecule has 0 aliphatic rings. The molecule has 0 N–H and O–H groups in total. The van der Waals surface area contributed by atoms with Crippen molar-refractivity contribution in [3.05, 3.63) is 84.4 Å². The molecule has 0 unspecified atom stereocenters. The van der Waals surface area contributed by atoms with Crippen LogP contribution >= 0.6 is 0 Å². The molecule has 6 heteroatoms. The molecule has 0 atom stereocenters. The number of hydrogen-bond donors (Lipinski definition) is 0. The van der Waals surface area contributed by atoms with Crippen LogP contribution in [0.15, 0.2) is 83.3 Å². The van der Waals surface area contributed by atoms with Crippen molar-refractivity contribution in [3.8, 4) is 39.8 Å². The highest BCUT2D eigenvalue weighted by molar-refractivity contribution is 5.79. The van der Waals surface area contributed by atoms with E-state index >= 15 is 0 Å². The van der Waals surface area contributed by atoms with E-state index in [1.54, 1.807) is 19.2 Å². The summed E-state index contributed by atoms with van der Waals surface area (Å²) in [6.45, 7) is 0. The van der Waals surface area contributed by atoms with Crippen LogP contribution in [0.3, 0.4) is 0 Å². The first-order chi connectivity index (χ1) is 14.0. The highest BCUT2D eigenvalue weighted by Crippen LogP contribution is 2.37. The fourth-order valence-corrected chi connectivity index (χ4v) is 2.98. The SMILES string of the molecule is COc1ccc(-c2nc(-c3ccccc3)c(-c3ccc(C(F)(F)F)cc3)o2)cc1. The third-order valence-corrected chi connectivity index (χ3v) is 4.49. The molecule has 0 aliphatic carbocycles. The zero-order valence-corrected chi connectivity index (χ0v) is 15.4. The molecule has 29 heavy (non-hydrogen) atoms. The van der Waals surface area contributed by atoms with E-state index in [1.807, 2.05) is 42.5 Å². The molecule has 0 saturated carbocycles. The number of nitrogens with zero attached hydrogens (tertiary/aromatic N) is 1. The number of benzene rings is 3. The van der Waals surface area contributed by atoms with Crippen LogP contribution < -0.4 is 4.74 Å². The van der Waals surface area contributed by atoms with Crippen molar-refractivity contribution in [2.24, 2.45) is 0 Å². The van der Waals surface area contributed by atoms with Crippen molar-refractivity contribution >= 4 is 0 Å². The van der Waals surface area contributed by atoms with Crippen LogP contribution in [-0.4, -0.2) is 12.1 Å². The summed E-state index contributed by atoms with van der Waals surface area (Å²) in [5, 5.41) is 0. The maximum atomic E-state index is 12.9. The van der Waals surface area contributed by atoms with Gasteiger partial charge in [-0.15, -0.1) is 0 Å². The number of methoxy groups -OCH3 is 1. The lowest BCUT2D eigenvalue weighted by Gasteiger charge is -2.07. The minimum Gasteiger partial charge on any atom is -0.497 e. The Morgan fingerprint density at radius 2 is 1.38 bits per heavy atom. The molecule has 0 radical (unpaired) electrons. The third-order valence-electron chi connectivity index (χ3n) is 4.49. The monoisotopic (exact) mass is 395 g/mol. The van der Waals surface area contributed by atoms with Crippen LogP contribution in [0.5, 0.6) is 5.75 Å². The van der Waals surface area contributed by atoms with Crippen LogP contribution in [0, 0.1) is 0 Å². The van der Waals surface area contributed by atoms with Gasteiger partial charge in [0.05, 0.1) is 12.7 Å². The fraction of sp³-hybridized carbons (Fsp3) is 0.0870. The largest absolute Gasteiger partial charge is 0.497 e. The highest BCUT2D eigenvalue weighted by Gasteiger charge is 2.30. The van der Waals surface area contributed by atoms with Gasteiger partial charge in [-0.05, 0) is 36.4 Å². The summed E-state index contributed by atoms with van der Waals surface area (Å²) in [6.07, 6.45) is -4.39. The van der Waals surface area contributed by atoms with E-state index in [1.165, 1.54) is 12.1 Å². The van der Waals surface area contributed by atoms with Gasteiger partial charge in [0.2, 0.25) is 5.89 Å². The number of halogens is 3. The standard InChI is InChI=1S/C23H16F3NO2/c1-28-19-13-9-17(10-14-19)22-27-20(15-5-3-2-4-6-15)21(29-22)16-7-11-18(12-8-16)23(24,25)26/h2-14H,1H3. The summed E-state index contributed by atoms with van der Waals surface area (Å²) in [5.74, 6) is 1.49. The van der Waals surface area contributed by atoms with Gasteiger partial charge in [0, 0.05) is 16.7 Å². The molecule has 3 nitrogen and oxygen atoms in total. The quantitative estimate of drug-likeness (QED) is 0.386. The number of hydrogen-bond acceptors (Lipinski definition) is 3. The van der Waals surface area contributed by atoms with Crippen LogP contribution in [0.1, 0.15) is 5.56 Å². The summed E-state index contributed by atoms with van der Waals surface area (Å²) in [4.78, 5) is 4.62. The number of alkyl halides is 3. The highest BCUT2D eigenvalue weighted by atomic mass is 19.4. The summed E-state index contributed by atoms with van der Waals surface area (Å²) >= 11 is 0. The van der Waals surface area contributed by atoms with Gasteiger partial charge < -0.3 is 9.15 Å². The van der Waals surface area contributed by atoms with Crippen molar-refractivity contribution in [1.82, 2.24) is 4.98 Å². The van der Waals surface area contributed by atoms with Crippen molar-refractivity contribution in [2.45, 2.75) is 6.18 Å². The van der Waals surface area contributed by atoms with Gasteiger partial charge in [-0.2, -0.15) is 13.2 Å². The van der Waals surface area contributed by atoms with Gasteiger partial charge in [0.25, 0.3) is 0 Å². The second kappa shape index (κ2) is 7.47. The molecule has 1 heterocycles. The Morgan fingerprint density at radius 3 is 1.97 bits per heavy atom. The molecular weight excluding hydrogens is 379 g/mol. The Bertz CT molecular complexity index is 1100. The Kier molecular flexibility index (Phi) is 4.84. The van der Waals surface area contributed by atoms with Gasteiger partial charge >= 0.3 is 6.18 Å². The van der Waals surface area contributed by atoms with Crippen molar-refractivity contribution in [3.63, 3.8) is 0 Å². The lowest BCUT2D eigenvalue weighted by Crippen LogP contribution is -2.03. The van der Waals surface area contributed by atoms with E-state index in [0.29, 0.717) is 28.7 Å². The molecule has 1 aromatic heterocycles.